The molecule has 114 valence electrons. The molecule has 1 aliphatic rings. The second-order valence-electron chi connectivity index (χ2n) is 4.83. The summed E-state index contributed by atoms with van der Waals surface area (Å²) in [6.07, 6.45) is 4.12. The number of hydrogen-bond donors (Lipinski definition) is 2. The lowest BCUT2D eigenvalue weighted by Crippen LogP contribution is -2.48. The van der Waals surface area contributed by atoms with Crippen molar-refractivity contribution in [1.82, 2.24) is 15.5 Å². The highest BCUT2D eigenvalue weighted by molar-refractivity contribution is 5.95. The van der Waals surface area contributed by atoms with E-state index in [1.165, 1.54) is 7.11 Å². The van der Waals surface area contributed by atoms with E-state index in [2.05, 4.69) is 15.4 Å². The molecule has 0 bridgehead atoms. The summed E-state index contributed by atoms with van der Waals surface area (Å²) < 4.78 is 4.65. The van der Waals surface area contributed by atoms with E-state index in [0.717, 1.165) is 25.7 Å². The van der Waals surface area contributed by atoms with Crippen molar-refractivity contribution in [3.63, 3.8) is 0 Å². The van der Waals surface area contributed by atoms with Crippen molar-refractivity contribution in [2.24, 2.45) is 0 Å². The summed E-state index contributed by atoms with van der Waals surface area (Å²) in [5, 5.41) is 4.73. The zero-order valence-electron chi connectivity index (χ0n) is 12.1. The highest BCUT2D eigenvalue weighted by atomic mass is 16.5. The Morgan fingerprint density at radius 2 is 1.85 bits per heavy atom. The zero-order chi connectivity index (χ0) is 15.0. The van der Waals surface area contributed by atoms with Gasteiger partial charge in [0.2, 0.25) is 5.91 Å². The van der Waals surface area contributed by atoms with E-state index in [4.69, 9.17) is 0 Å². The summed E-state index contributed by atoms with van der Waals surface area (Å²) in [6, 6.07) is -0.309. The van der Waals surface area contributed by atoms with Crippen molar-refractivity contribution in [3.8, 4) is 0 Å². The molecular weight excluding hydrogens is 262 g/mol. The van der Waals surface area contributed by atoms with Gasteiger partial charge in [-0.25, -0.2) is 4.79 Å². The molecule has 0 spiro atoms. The molecular formula is C13H23N3O4. The largest absolute Gasteiger partial charge is 0.468 e. The molecule has 1 rings (SSSR count). The minimum absolute atomic E-state index is 0.0247. The third-order valence-electron chi connectivity index (χ3n) is 3.34. The Kier molecular flexibility index (Phi) is 7.00. The van der Waals surface area contributed by atoms with Gasteiger partial charge in [-0.15, -0.1) is 0 Å². The van der Waals surface area contributed by atoms with Gasteiger partial charge in [-0.2, -0.15) is 0 Å². The molecule has 0 unspecified atom stereocenters. The maximum atomic E-state index is 11.8. The molecule has 0 heterocycles. The maximum Gasteiger partial charge on any atom is 0.321 e. The van der Waals surface area contributed by atoms with Gasteiger partial charge in [0.15, 0.2) is 0 Å². The number of carbonyl (C=O) groups excluding carboxylic acids is 3. The van der Waals surface area contributed by atoms with Crippen molar-refractivity contribution < 1.29 is 19.1 Å². The van der Waals surface area contributed by atoms with Crippen LogP contribution in [0.3, 0.4) is 0 Å². The molecule has 7 heteroatoms. The van der Waals surface area contributed by atoms with Gasteiger partial charge < -0.3 is 10.1 Å². The van der Waals surface area contributed by atoms with Crippen LogP contribution in [0.4, 0.5) is 4.79 Å². The van der Waals surface area contributed by atoms with Crippen LogP contribution in [-0.4, -0.2) is 55.6 Å². The lowest BCUT2D eigenvalue weighted by atomic mass is 10.2. The molecule has 2 N–H and O–H groups in total. The smallest absolute Gasteiger partial charge is 0.321 e. The van der Waals surface area contributed by atoms with Crippen molar-refractivity contribution in [2.45, 2.75) is 38.6 Å². The monoisotopic (exact) mass is 285 g/mol. The van der Waals surface area contributed by atoms with Gasteiger partial charge in [0.05, 0.1) is 20.2 Å². The first-order valence-corrected chi connectivity index (χ1v) is 6.95. The van der Waals surface area contributed by atoms with Gasteiger partial charge in [0.1, 0.15) is 0 Å². The number of ether oxygens (including phenoxy) is 1. The van der Waals surface area contributed by atoms with Crippen LogP contribution < -0.4 is 10.6 Å². The number of hydrogen-bond acceptors (Lipinski definition) is 5. The lowest BCUT2D eigenvalue weighted by molar-refractivity contribution is -0.142. The molecule has 0 aliphatic heterocycles. The summed E-state index contributed by atoms with van der Waals surface area (Å²) >= 11 is 0. The number of nitrogens with zero attached hydrogens (tertiary/aromatic N) is 1. The van der Waals surface area contributed by atoms with E-state index in [1.807, 2.05) is 0 Å². The fraction of sp³-hybridized carbons (Fsp3) is 0.769. The van der Waals surface area contributed by atoms with E-state index < -0.39 is 11.9 Å². The fourth-order valence-corrected chi connectivity index (χ4v) is 2.37. The maximum absolute atomic E-state index is 11.8. The molecule has 0 radical (unpaired) electrons. The Labute approximate surface area is 119 Å². The molecule has 0 atom stereocenters. The molecule has 0 aromatic rings. The normalized spacial score (nSPS) is 15.2. The van der Waals surface area contributed by atoms with Crippen LogP contribution in [0.25, 0.3) is 0 Å². The van der Waals surface area contributed by atoms with Crippen LogP contribution in [0.2, 0.25) is 0 Å². The summed E-state index contributed by atoms with van der Waals surface area (Å²) in [7, 11) is 1.32. The predicted octanol–water partition coefficient (Wildman–Crippen LogP) is 0.250. The van der Waals surface area contributed by atoms with Crippen LogP contribution >= 0.6 is 0 Å². The van der Waals surface area contributed by atoms with E-state index >= 15 is 0 Å². The summed E-state index contributed by atoms with van der Waals surface area (Å²) in [5.74, 6) is -0.783. The Hall–Kier alpha value is -1.63. The molecule has 0 saturated heterocycles. The number of amides is 3. The van der Waals surface area contributed by atoms with E-state index in [0.29, 0.717) is 6.54 Å². The number of carbonyl (C=O) groups is 3. The fourth-order valence-electron chi connectivity index (χ4n) is 2.37. The Bertz CT molecular complexity index is 354. The van der Waals surface area contributed by atoms with E-state index in [9.17, 15) is 14.4 Å². The molecule has 0 aromatic heterocycles. The summed E-state index contributed by atoms with van der Waals surface area (Å²) in [4.78, 5) is 36.3. The van der Waals surface area contributed by atoms with Gasteiger partial charge in [0.25, 0.3) is 0 Å². The molecule has 20 heavy (non-hydrogen) atoms. The van der Waals surface area contributed by atoms with Crippen LogP contribution in [0.5, 0.6) is 0 Å². The second kappa shape index (κ2) is 8.52. The average molecular weight is 285 g/mol. The quantitative estimate of drug-likeness (QED) is 0.683. The van der Waals surface area contributed by atoms with Crippen molar-refractivity contribution in [3.05, 3.63) is 0 Å². The van der Waals surface area contributed by atoms with Gasteiger partial charge in [-0.3, -0.25) is 19.8 Å². The van der Waals surface area contributed by atoms with E-state index in [-0.39, 0.29) is 25.1 Å². The summed E-state index contributed by atoms with van der Waals surface area (Å²) in [6.45, 7) is 2.32. The Morgan fingerprint density at radius 1 is 1.20 bits per heavy atom. The lowest BCUT2D eigenvalue weighted by Gasteiger charge is -2.26. The molecule has 1 aliphatic carbocycles. The van der Waals surface area contributed by atoms with Crippen LogP contribution in [-0.2, 0) is 14.3 Å². The second-order valence-corrected chi connectivity index (χ2v) is 4.83. The molecule has 7 nitrogen and oxygen atoms in total. The third-order valence-corrected chi connectivity index (χ3v) is 3.34. The number of rotatable bonds is 6. The van der Waals surface area contributed by atoms with Crippen molar-refractivity contribution in [1.29, 1.82) is 0 Å². The van der Waals surface area contributed by atoms with Gasteiger partial charge in [0, 0.05) is 12.6 Å². The van der Waals surface area contributed by atoms with Gasteiger partial charge >= 0.3 is 12.0 Å². The first kappa shape index (κ1) is 16.4. The number of urea groups is 1. The van der Waals surface area contributed by atoms with Crippen LogP contribution in [0, 0.1) is 0 Å². The van der Waals surface area contributed by atoms with Crippen molar-refractivity contribution >= 4 is 17.9 Å². The van der Waals surface area contributed by atoms with Gasteiger partial charge in [-0.05, 0) is 19.8 Å². The van der Waals surface area contributed by atoms with Crippen molar-refractivity contribution in [2.75, 3.05) is 26.7 Å². The summed E-state index contributed by atoms with van der Waals surface area (Å²) in [5.41, 5.74) is 0. The number of nitrogens with one attached hydrogen (secondary N) is 2. The number of esters is 1. The zero-order valence-corrected chi connectivity index (χ0v) is 12.1. The topological polar surface area (TPSA) is 87.7 Å². The average Bonchev–Trinajstić information content (AvgIpc) is 2.91. The van der Waals surface area contributed by atoms with Crippen LogP contribution in [0.15, 0.2) is 0 Å². The minimum Gasteiger partial charge on any atom is -0.468 e. The third kappa shape index (κ3) is 5.56. The Morgan fingerprint density at radius 3 is 2.40 bits per heavy atom. The first-order valence-electron chi connectivity index (χ1n) is 6.95. The number of imide groups is 1. The molecule has 0 aromatic carbocycles. The molecule has 3 amide bonds. The highest BCUT2D eigenvalue weighted by Crippen LogP contribution is 2.23. The molecule has 1 fully saturated rings. The van der Waals surface area contributed by atoms with Crippen LogP contribution in [0.1, 0.15) is 32.6 Å². The highest BCUT2D eigenvalue weighted by Gasteiger charge is 2.26. The predicted molar refractivity (Wildman–Crippen MR) is 73.1 cm³/mol. The van der Waals surface area contributed by atoms with Gasteiger partial charge in [-0.1, -0.05) is 12.8 Å². The minimum atomic E-state index is -0.512. The Balaban J connectivity index is 2.52. The first-order chi connectivity index (χ1) is 9.56. The number of methoxy groups -OCH3 is 1. The SMILES string of the molecule is CCNC(=O)NC(=O)CN(CC(=O)OC)C1CCCC1. The van der Waals surface area contributed by atoms with E-state index in [1.54, 1.807) is 11.8 Å². The molecule has 1 saturated carbocycles. The standard InChI is InChI=1S/C13H23N3O4/c1-3-14-13(19)15-11(17)8-16(9-12(18)20-2)10-6-4-5-7-10/h10H,3-9H2,1-2H3,(H2,14,15,17,19).